The van der Waals surface area contributed by atoms with Crippen molar-refractivity contribution in [1.29, 1.82) is 0 Å². The normalized spacial score (nSPS) is 30.4. The van der Waals surface area contributed by atoms with Crippen LogP contribution in [0.15, 0.2) is 48.5 Å². The van der Waals surface area contributed by atoms with E-state index < -0.39 is 31.6 Å². The average molecular weight is 695 g/mol. The number of piperidine rings is 2. The maximum atomic E-state index is 13.0. The van der Waals surface area contributed by atoms with Gasteiger partial charge in [-0.1, -0.05) is 24.3 Å². The Hall–Kier alpha value is -2.45. The van der Waals surface area contributed by atoms with Crippen molar-refractivity contribution in [2.45, 2.75) is 50.6 Å². The second-order valence-corrected chi connectivity index (χ2v) is 18.4. The van der Waals surface area contributed by atoms with Gasteiger partial charge in [0.25, 0.3) is 0 Å². The Morgan fingerprint density at radius 1 is 0.702 bits per heavy atom. The minimum atomic E-state index is -3.20. The zero-order valence-electron chi connectivity index (χ0n) is 26.9. The molecule has 4 saturated heterocycles. The lowest BCUT2D eigenvalue weighted by Gasteiger charge is -2.35. The molecule has 1 amide bonds. The maximum absolute atomic E-state index is 13.0. The van der Waals surface area contributed by atoms with E-state index in [9.17, 15) is 30.4 Å². The van der Waals surface area contributed by atoms with Crippen LogP contribution in [0.4, 0.5) is 8.78 Å². The van der Waals surface area contributed by atoms with Crippen molar-refractivity contribution < 1.29 is 30.4 Å². The molecule has 4 aliphatic heterocycles. The zero-order valence-corrected chi connectivity index (χ0v) is 28.5. The first-order chi connectivity index (χ1) is 22.2. The van der Waals surface area contributed by atoms with E-state index in [1.807, 2.05) is 12.1 Å². The highest BCUT2D eigenvalue weighted by molar-refractivity contribution is 7.92. The molecule has 0 saturated carbocycles. The van der Waals surface area contributed by atoms with Crippen molar-refractivity contribution in [1.82, 2.24) is 9.80 Å². The molecule has 2 aromatic rings. The number of hydrogen-bond acceptors (Lipinski definition) is 8. The van der Waals surface area contributed by atoms with Crippen molar-refractivity contribution in [2.24, 2.45) is 35.1 Å². The molecule has 4 N–H and O–H groups in total. The molecular weight excluding hydrogens is 647 g/mol. The van der Waals surface area contributed by atoms with E-state index >= 15 is 0 Å². The number of benzene rings is 2. The Kier molecular flexibility index (Phi) is 11.7. The number of hydrogen-bond donors (Lipinski definition) is 2. The van der Waals surface area contributed by atoms with Crippen LogP contribution in [-0.2, 0) is 37.3 Å². The largest absolute Gasteiger partial charge is 0.342 e. The topological polar surface area (TPSA) is 144 Å². The van der Waals surface area contributed by atoms with E-state index in [2.05, 4.69) is 4.90 Å². The van der Waals surface area contributed by atoms with Gasteiger partial charge in [-0.15, -0.1) is 0 Å². The minimum Gasteiger partial charge on any atom is -0.342 e. The monoisotopic (exact) mass is 694 g/mol. The molecular formula is C34H48F2N4O5S2. The van der Waals surface area contributed by atoms with Gasteiger partial charge in [0.2, 0.25) is 5.91 Å². The fourth-order valence-corrected chi connectivity index (χ4v) is 11.5. The van der Waals surface area contributed by atoms with Crippen LogP contribution in [0.25, 0.3) is 0 Å². The van der Waals surface area contributed by atoms with Gasteiger partial charge in [-0.25, -0.2) is 25.6 Å². The Morgan fingerprint density at radius 3 is 1.72 bits per heavy atom. The molecule has 6 atom stereocenters. The van der Waals surface area contributed by atoms with E-state index in [0.717, 1.165) is 57.3 Å². The van der Waals surface area contributed by atoms with Crippen LogP contribution in [0, 0.1) is 35.3 Å². The summed E-state index contributed by atoms with van der Waals surface area (Å²) in [6.07, 6.45) is 5.94. The molecule has 0 aliphatic carbocycles. The molecule has 0 aromatic heterocycles. The standard InChI is InChI=1S/C17H23FN2O3S.C17H25FN2O2S/c18-14-5-3-12(4-6-14)8-13-2-1-7-20(9-13)17(21)15-10-24(22,23)11-16(15)19;18-16-5-3-13(4-6-16)8-14-2-1-7-20(9-14)10-15-11-23(21,22)12-17(15)19/h3-6,13,15-16H,1-2,7-11,19H2;3-6,14-15,17H,1-2,7-12,19H2/t13-,15+,16+;14-,15+,17+/m00/s1. The third-order valence-electron chi connectivity index (χ3n) is 10.0. The summed E-state index contributed by atoms with van der Waals surface area (Å²) in [5.41, 5.74) is 14.1. The first-order valence-corrected chi connectivity index (χ1v) is 20.3. The van der Waals surface area contributed by atoms with Gasteiger partial charge in [0, 0.05) is 44.2 Å². The zero-order chi connectivity index (χ0) is 33.8. The molecule has 0 unspecified atom stereocenters. The molecule has 13 heteroatoms. The third kappa shape index (κ3) is 10.3. The summed E-state index contributed by atoms with van der Waals surface area (Å²) >= 11 is 0. The number of nitrogens with two attached hydrogens (primary N) is 2. The van der Waals surface area contributed by atoms with Crippen molar-refractivity contribution in [3.63, 3.8) is 0 Å². The predicted octanol–water partition coefficient (Wildman–Crippen LogP) is 2.43. The highest BCUT2D eigenvalue weighted by Gasteiger charge is 2.42. The Balaban J connectivity index is 0.000000185. The molecule has 9 nitrogen and oxygen atoms in total. The molecule has 47 heavy (non-hydrogen) atoms. The van der Waals surface area contributed by atoms with Crippen molar-refractivity contribution >= 4 is 25.6 Å². The number of likely N-dealkylation sites (tertiary alicyclic amines) is 2. The Labute approximate surface area is 277 Å². The molecule has 2 aromatic carbocycles. The molecule has 0 bridgehead atoms. The molecule has 0 radical (unpaired) electrons. The lowest BCUT2D eigenvalue weighted by atomic mass is 9.90. The van der Waals surface area contributed by atoms with Gasteiger partial charge in [0.1, 0.15) is 11.6 Å². The fraction of sp³-hybridized carbons (Fsp3) is 0.618. The number of sulfone groups is 2. The summed E-state index contributed by atoms with van der Waals surface area (Å²) < 4.78 is 72.8. The maximum Gasteiger partial charge on any atom is 0.228 e. The van der Waals surface area contributed by atoms with Crippen molar-refractivity contribution in [3.8, 4) is 0 Å². The van der Waals surface area contributed by atoms with Crippen LogP contribution in [0.2, 0.25) is 0 Å². The molecule has 4 aliphatic rings. The average Bonchev–Trinajstić information content (AvgIpc) is 3.45. The lowest BCUT2D eigenvalue weighted by Crippen LogP contribution is -2.47. The number of carbonyl (C=O) groups is 1. The third-order valence-corrected chi connectivity index (χ3v) is 13.6. The molecule has 6 rings (SSSR count). The number of amides is 1. The summed E-state index contributed by atoms with van der Waals surface area (Å²) in [5, 5.41) is 0. The van der Waals surface area contributed by atoms with Gasteiger partial charge in [0.05, 0.1) is 28.9 Å². The number of rotatable bonds is 7. The van der Waals surface area contributed by atoms with E-state index in [-0.39, 0.29) is 52.5 Å². The van der Waals surface area contributed by atoms with Gasteiger partial charge >= 0.3 is 0 Å². The summed E-state index contributed by atoms with van der Waals surface area (Å²) in [5.74, 6) is -0.159. The summed E-state index contributed by atoms with van der Waals surface area (Å²) in [6, 6.07) is 12.4. The first-order valence-electron chi connectivity index (χ1n) is 16.7. The highest BCUT2D eigenvalue weighted by atomic mass is 32.2. The molecule has 4 fully saturated rings. The summed E-state index contributed by atoms with van der Waals surface area (Å²) in [4.78, 5) is 16.8. The van der Waals surface area contributed by atoms with Gasteiger partial charge in [0.15, 0.2) is 19.7 Å². The number of halogens is 2. The van der Waals surface area contributed by atoms with Crippen LogP contribution in [-0.4, -0.2) is 100 Å². The second-order valence-electron chi connectivity index (χ2n) is 14.1. The smallest absolute Gasteiger partial charge is 0.228 e. The van der Waals surface area contributed by atoms with E-state index in [4.69, 9.17) is 11.5 Å². The lowest BCUT2D eigenvalue weighted by molar-refractivity contribution is -0.136. The van der Waals surface area contributed by atoms with E-state index in [0.29, 0.717) is 24.9 Å². The predicted molar refractivity (Wildman–Crippen MR) is 179 cm³/mol. The van der Waals surface area contributed by atoms with Crippen LogP contribution in [0.3, 0.4) is 0 Å². The van der Waals surface area contributed by atoms with Crippen LogP contribution >= 0.6 is 0 Å². The van der Waals surface area contributed by atoms with E-state index in [1.165, 1.54) is 36.2 Å². The Morgan fingerprint density at radius 2 is 1.21 bits per heavy atom. The van der Waals surface area contributed by atoms with Crippen molar-refractivity contribution in [2.75, 3.05) is 55.7 Å². The van der Waals surface area contributed by atoms with Crippen LogP contribution in [0.1, 0.15) is 36.8 Å². The Bertz CT molecular complexity index is 1570. The SMILES string of the molecule is N[C@@H]1CS(=O)(=O)C[C@H]1C(=O)N1CCC[C@@H](Cc2ccc(F)cc2)C1.N[C@@H]1CS(=O)(=O)C[C@H]1CN1CCC[C@@H](Cc2ccc(F)cc2)C1. The van der Waals surface area contributed by atoms with Gasteiger partial charge < -0.3 is 21.3 Å². The second kappa shape index (κ2) is 15.4. The highest BCUT2D eigenvalue weighted by Crippen LogP contribution is 2.27. The first kappa shape index (κ1) is 35.8. The molecule has 4 heterocycles. The molecule has 260 valence electrons. The number of nitrogens with zero attached hydrogens (tertiary/aromatic N) is 2. The minimum absolute atomic E-state index is 0.0598. The quantitative estimate of drug-likeness (QED) is 0.450. The van der Waals surface area contributed by atoms with Crippen LogP contribution < -0.4 is 11.5 Å². The van der Waals surface area contributed by atoms with Gasteiger partial charge in [-0.2, -0.15) is 0 Å². The number of carbonyl (C=O) groups excluding carboxylic acids is 1. The van der Waals surface area contributed by atoms with Gasteiger partial charge in [-0.3, -0.25) is 4.79 Å². The summed E-state index contributed by atoms with van der Waals surface area (Å²) in [6.45, 7) is 4.03. The molecule has 0 spiro atoms. The van der Waals surface area contributed by atoms with E-state index in [1.54, 1.807) is 17.0 Å². The van der Waals surface area contributed by atoms with Gasteiger partial charge in [-0.05, 0) is 92.3 Å². The fourth-order valence-electron chi connectivity index (χ4n) is 7.65. The van der Waals surface area contributed by atoms with Crippen LogP contribution in [0.5, 0.6) is 0 Å². The van der Waals surface area contributed by atoms with Crippen molar-refractivity contribution in [3.05, 3.63) is 71.3 Å². The summed E-state index contributed by atoms with van der Waals surface area (Å²) in [7, 11) is -6.15.